The molecule has 1 fully saturated rings. The highest BCUT2D eigenvalue weighted by molar-refractivity contribution is 7.92. The van der Waals surface area contributed by atoms with Gasteiger partial charge in [0.2, 0.25) is 0 Å². The predicted octanol–water partition coefficient (Wildman–Crippen LogP) is 6.35. The van der Waals surface area contributed by atoms with Gasteiger partial charge in [0.15, 0.2) is 0 Å². The van der Waals surface area contributed by atoms with E-state index in [1.165, 1.54) is 37.6 Å². The number of hydrogen-bond donors (Lipinski definition) is 2. The number of anilines is 2. The van der Waals surface area contributed by atoms with Crippen molar-refractivity contribution >= 4 is 45.0 Å². The van der Waals surface area contributed by atoms with Gasteiger partial charge in [-0.25, -0.2) is 18.2 Å². The Hall–Kier alpha value is -5.43. The number of methoxy groups -OCH3 is 1. The molecule has 0 saturated carbocycles. The van der Waals surface area contributed by atoms with E-state index in [2.05, 4.69) is 15.0 Å². The maximum absolute atomic E-state index is 13.7. The van der Waals surface area contributed by atoms with Crippen LogP contribution >= 0.6 is 11.6 Å². The summed E-state index contributed by atoms with van der Waals surface area (Å²) in [5.74, 6) is 0.628. The molecule has 0 bridgehead atoms. The van der Waals surface area contributed by atoms with Crippen LogP contribution in [-0.4, -0.2) is 64.7 Å². The summed E-state index contributed by atoms with van der Waals surface area (Å²) in [6, 6.07) is 30.8. The molecule has 0 radical (unpaired) electrons. The quantitative estimate of drug-likeness (QED) is 0.141. The van der Waals surface area contributed by atoms with Crippen molar-refractivity contribution in [3.63, 3.8) is 0 Å². The van der Waals surface area contributed by atoms with E-state index >= 15 is 0 Å². The van der Waals surface area contributed by atoms with Gasteiger partial charge in [0, 0.05) is 36.3 Å². The van der Waals surface area contributed by atoms with Gasteiger partial charge in [0.1, 0.15) is 28.3 Å². The number of pyridine rings is 1. The third-order valence-corrected chi connectivity index (χ3v) is 9.78. The molecule has 0 spiro atoms. The summed E-state index contributed by atoms with van der Waals surface area (Å²) < 4.78 is 45.7. The Morgan fingerprint density at radius 2 is 1.65 bits per heavy atom. The minimum Gasteiger partial charge on any atom is -0.467 e. The highest BCUT2D eigenvalue weighted by Gasteiger charge is 2.26. The summed E-state index contributed by atoms with van der Waals surface area (Å²) in [4.78, 5) is 32.8. The van der Waals surface area contributed by atoms with Gasteiger partial charge >= 0.3 is 5.97 Å². The molecule has 6 rings (SSSR count). The highest BCUT2D eigenvalue weighted by atomic mass is 35.5. The number of morpholine rings is 1. The predicted molar refractivity (Wildman–Crippen MR) is 195 cm³/mol. The number of nitrogens with one attached hydrogen (secondary N) is 2. The normalized spacial score (nSPS) is 13.6. The molecule has 13 heteroatoms. The second-order valence-electron chi connectivity index (χ2n) is 11.6. The van der Waals surface area contributed by atoms with Crippen molar-refractivity contribution < 1.29 is 32.2 Å². The molecule has 262 valence electrons. The number of nitrogens with zero attached hydrogens (tertiary/aromatic N) is 2. The average Bonchev–Trinajstić information content (AvgIpc) is 3.16. The molecular weight excluding hydrogens is 692 g/mol. The van der Waals surface area contributed by atoms with Crippen LogP contribution in [0.25, 0.3) is 11.1 Å². The van der Waals surface area contributed by atoms with Crippen molar-refractivity contribution in [1.82, 2.24) is 10.3 Å². The molecule has 2 N–H and O–H groups in total. The molecule has 11 nitrogen and oxygen atoms in total. The lowest BCUT2D eigenvalue weighted by molar-refractivity contribution is -0.142. The van der Waals surface area contributed by atoms with E-state index in [-0.39, 0.29) is 27.6 Å². The molecule has 1 amide bonds. The van der Waals surface area contributed by atoms with Crippen molar-refractivity contribution in [3.8, 4) is 22.6 Å². The van der Waals surface area contributed by atoms with Crippen LogP contribution in [0.15, 0.2) is 120 Å². The van der Waals surface area contributed by atoms with Gasteiger partial charge in [-0.3, -0.25) is 9.52 Å². The van der Waals surface area contributed by atoms with Crippen molar-refractivity contribution in [2.24, 2.45) is 0 Å². The minimum atomic E-state index is -4.16. The highest BCUT2D eigenvalue weighted by Crippen LogP contribution is 2.33. The summed E-state index contributed by atoms with van der Waals surface area (Å²) in [6.07, 6.45) is 1.36. The van der Waals surface area contributed by atoms with E-state index in [4.69, 9.17) is 25.8 Å². The smallest absolute Gasteiger partial charge is 0.328 e. The largest absolute Gasteiger partial charge is 0.467 e. The number of benzene rings is 4. The van der Waals surface area contributed by atoms with Gasteiger partial charge in [-0.1, -0.05) is 72.3 Å². The summed E-state index contributed by atoms with van der Waals surface area (Å²) in [6.45, 7) is 2.43. The molecule has 1 atom stereocenters. The lowest BCUT2D eigenvalue weighted by Crippen LogP contribution is -2.43. The number of aromatic nitrogens is 1. The minimum absolute atomic E-state index is 0.0292. The molecule has 51 heavy (non-hydrogen) atoms. The number of amides is 1. The molecule has 1 aliphatic heterocycles. The zero-order valence-corrected chi connectivity index (χ0v) is 29.2. The Balaban J connectivity index is 1.17. The molecule has 1 aliphatic rings. The first-order valence-electron chi connectivity index (χ1n) is 16.1. The number of carbonyl (C=O) groups excluding carboxylic acids is 2. The number of para-hydroxylation sites is 2. The summed E-state index contributed by atoms with van der Waals surface area (Å²) in [5, 5.41) is 2.89. The van der Waals surface area contributed by atoms with Crippen LogP contribution in [-0.2, 0) is 30.7 Å². The van der Waals surface area contributed by atoms with Gasteiger partial charge < -0.3 is 24.4 Å². The van der Waals surface area contributed by atoms with E-state index in [1.807, 2.05) is 83.8 Å². The van der Waals surface area contributed by atoms with Gasteiger partial charge in [0.25, 0.3) is 15.9 Å². The molecule has 1 saturated heterocycles. The lowest BCUT2D eigenvalue weighted by atomic mass is 9.99. The Morgan fingerprint density at radius 3 is 2.35 bits per heavy atom. The SMILES string of the molecule is COC(=O)[C@H](Cc1ccc(-c2ccccc2Oc2ccccc2)cc1)NC(=O)c1cc(Cl)ccc1NS(=O)(=O)c1ccc(N2CCOCC2)nc1. The standard InChI is InChI=1S/C38H35ClN4O7S/c1-48-38(45)34(23-26-11-13-27(14-12-26)31-9-5-6-10-35(31)50-29-7-3-2-4-8-29)41-37(44)32-24-28(39)15-17-33(32)42-51(46,47)30-16-18-36(40-25-30)43-19-21-49-22-20-43/h2-18,24-25,34,42H,19-23H2,1H3,(H,41,44)/t34-/m0/s1. The topological polar surface area (TPSA) is 136 Å². The van der Waals surface area contributed by atoms with E-state index in [9.17, 15) is 18.0 Å². The molecule has 4 aromatic carbocycles. The van der Waals surface area contributed by atoms with Crippen molar-refractivity contribution in [1.29, 1.82) is 0 Å². The number of hydrogen-bond acceptors (Lipinski definition) is 9. The monoisotopic (exact) mass is 726 g/mol. The van der Waals surface area contributed by atoms with Crippen LogP contribution in [0.5, 0.6) is 11.5 Å². The van der Waals surface area contributed by atoms with E-state index in [1.54, 1.807) is 6.07 Å². The molecule has 2 heterocycles. The number of carbonyl (C=O) groups is 2. The molecule has 5 aromatic rings. The van der Waals surface area contributed by atoms with E-state index in [0.29, 0.717) is 43.6 Å². The number of rotatable bonds is 12. The molecule has 0 unspecified atom stereocenters. The van der Waals surface area contributed by atoms with E-state index in [0.717, 1.165) is 16.7 Å². The van der Waals surface area contributed by atoms with Gasteiger partial charge in [-0.2, -0.15) is 0 Å². The van der Waals surface area contributed by atoms with Crippen LogP contribution in [0.3, 0.4) is 0 Å². The second-order valence-corrected chi connectivity index (χ2v) is 13.7. The molecule has 1 aromatic heterocycles. The lowest BCUT2D eigenvalue weighted by Gasteiger charge is -2.27. The number of sulfonamides is 1. The Bertz CT molecular complexity index is 2090. The second kappa shape index (κ2) is 16.1. The molecular formula is C38H35ClN4O7S. The fourth-order valence-corrected chi connectivity index (χ4v) is 6.74. The maximum atomic E-state index is 13.7. The fraction of sp³-hybridized carbons (Fsp3) is 0.184. The van der Waals surface area contributed by atoms with Gasteiger partial charge in [0.05, 0.1) is 31.6 Å². The van der Waals surface area contributed by atoms with Gasteiger partial charge in [-0.15, -0.1) is 0 Å². The summed E-state index contributed by atoms with van der Waals surface area (Å²) >= 11 is 6.24. The summed E-state index contributed by atoms with van der Waals surface area (Å²) in [7, 11) is -2.93. The van der Waals surface area contributed by atoms with Gasteiger partial charge in [-0.05, 0) is 59.7 Å². The first-order chi connectivity index (χ1) is 24.7. The van der Waals surface area contributed by atoms with Crippen molar-refractivity contribution in [2.45, 2.75) is 17.4 Å². The van der Waals surface area contributed by atoms with E-state index < -0.39 is 27.9 Å². The number of esters is 1. The number of ether oxygens (including phenoxy) is 3. The Labute approximate surface area is 301 Å². The van der Waals surface area contributed by atoms with Crippen molar-refractivity contribution in [2.75, 3.05) is 43.0 Å². The average molecular weight is 727 g/mol. The molecule has 0 aliphatic carbocycles. The zero-order chi connectivity index (χ0) is 35.8. The van der Waals surface area contributed by atoms with Crippen LogP contribution in [0.2, 0.25) is 5.02 Å². The Kier molecular flexibility index (Phi) is 11.2. The first-order valence-corrected chi connectivity index (χ1v) is 18.0. The van der Waals surface area contributed by atoms with Crippen LogP contribution in [0.1, 0.15) is 15.9 Å². The van der Waals surface area contributed by atoms with Crippen LogP contribution in [0, 0.1) is 0 Å². The van der Waals surface area contributed by atoms with Crippen molar-refractivity contribution in [3.05, 3.63) is 132 Å². The maximum Gasteiger partial charge on any atom is 0.328 e. The zero-order valence-electron chi connectivity index (χ0n) is 27.6. The third kappa shape index (κ3) is 8.84. The third-order valence-electron chi connectivity index (χ3n) is 8.19. The van der Waals surface area contributed by atoms with Crippen LogP contribution < -0.4 is 19.7 Å². The first kappa shape index (κ1) is 35.4. The fourth-order valence-electron chi connectivity index (χ4n) is 5.55. The number of halogens is 1. The van der Waals surface area contributed by atoms with Crippen LogP contribution in [0.4, 0.5) is 11.5 Å². The Morgan fingerprint density at radius 1 is 0.922 bits per heavy atom. The summed E-state index contributed by atoms with van der Waals surface area (Å²) in [5.41, 5.74) is 2.41.